The Balaban J connectivity index is 1.50. The summed E-state index contributed by atoms with van der Waals surface area (Å²) in [6.07, 6.45) is -2.19. The Hall–Kier alpha value is -5.16. The first-order valence-corrected chi connectivity index (χ1v) is 21.1. The van der Waals surface area contributed by atoms with Gasteiger partial charge in [-0.1, -0.05) is 84.9 Å². The molecular weight excluding hydrogens is 783 g/mol. The Morgan fingerprint density at radius 1 is 0.800 bits per heavy atom. The smallest absolute Gasteiger partial charge is 0.330 e. The van der Waals surface area contributed by atoms with E-state index in [1.54, 1.807) is 14.2 Å². The van der Waals surface area contributed by atoms with E-state index in [-0.39, 0.29) is 38.3 Å². The van der Waals surface area contributed by atoms with Crippen LogP contribution in [0, 0.1) is 11.3 Å². The largest absolute Gasteiger partial charge is 0.497 e. The van der Waals surface area contributed by atoms with Crippen LogP contribution in [0.4, 0.5) is 0 Å². The van der Waals surface area contributed by atoms with E-state index in [9.17, 15) is 14.9 Å². The number of nitrogens with zero attached hydrogens (tertiary/aromatic N) is 3. The van der Waals surface area contributed by atoms with E-state index in [4.69, 9.17) is 32.7 Å². The van der Waals surface area contributed by atoms with Gasteiger partial charge < -0.3 is 32.7 Å². The van der Waals surface area contributed by atoms with Gasteiger partial charge >= 0.3 is 5.69 Å². The van der Waals surface area contributed by atoms with Crippen molar-refractivity contribution in [2.45, 2.75) is 82.9 Å². The van der Waals surface area contributed by atoms with Gasteiger partial charge in [0.1, 0.15) is 35.4 Å². The molecular formula is C46H53N4O9P. The number of rotatable bonds is 20. The molecule has 1 saturated heterocycles. The standard InChI is InChI=1S/C46H53N4O9P/c1-32(2)50(33(3)4)60(57-29-13-27-47)59-42-40(58-44(49-28-26-41(51)48-45(49)52)43(42)55-30-34-14-9-7-10-15-34)31-56-46(35-16-11-8-12-17-35,36-18-22-38(53-5)23-19-36)37-20-24-39(54-6)25-21-37/h7-12,14-26,28,32-33,40,42-44H,13,29-31H2,1-6H3,(H,48,51,52)/t40?,42-,43-,44?,60?/m1/s1. The molecule has 316 valence electrons. The average Bonchev–Trinajstić information content (AvgIpc) is 3.59. The molecule has 1 aliphatic rings. The molecule has 4 aromatic carbocycles. The fraction of sp³-hybridized carbons (Fsp3) is 0.370. The third-order valence-corrected chi connectivity index (χ3v) is 12.3. The first-order valence-electron chi connectivity index (χ1n) is 20.0. The minimum atomic E-state index is -1.83. The van der Waals surface area contributed by atoms with Crippen molar-refractivity contribution in [1.82, 2.24) is 14.2 Å². The number of nitriles is 1. The van der Waals surface area contributed by atoms with Crippen LogP contribution in [0.3, 0.4) is 0 Å². The van der Waals surface area contributed by atoms with Gasteiger partial charge in [0.2, 0.25) is 0 Å². The molecule has 1 N–H and O–H groups in total. The molecule has 0 spiro atoms. The molecule has 60 heavy (non-hydrogen) atoms. The summed E-state index contributed by atoms with van der Waals surface area (Å²) in [6, 6.07) is 38.4. The average molecular weight is 837 g/mol. The van der Waals surface area contributed by atoms with E-state index < -0.39 is 49.9 Å². The van der Waals surface area contributed by atoms with Crippen molar-refractivity contribution in [3.05, 3.63) is 165 Å². The van der Waals surface area contributed by atoms with Crippen LogP contribution in [-0.4, -0.2) is 72.1 Å². The second-order valence-electron chi connectivity index (χ2n) is 14.8. The first-order chi connectivity index (χ1) is 29.1. The van der Waals surface area contributed by atoms with Crippen molar-refractivity contribution in [3.8, 4) is 17.6 Å². The molecule has 1 aromatic heterocycles. The fourth-order valence-electron chi connectivity index (χ4n) is 7.45. The van der Waals surface area contributed by atoms with Crippen molar-refractivity contribution in [3.63, 3.8) is 0 Å². The highest BCUT2D eigenvalue weighted by Gasteiger charge is 2.51. The van der Waals surface area contributed by atoms with E-state index in [0.29, 0.717) is 11.5 Å². The normalized spacial score (nSPS) is 18.5. The number of aromatic nitrogens is 2. The van der Waals surface area contributed by atoms with Crippen molar-refractivity contribution in [2.75, 3.05) is 27.4 Å². The van der Waals surface area contributed by atoms with Crippen LogP contribution < -0.4 is 20.7 Å². The zero-order chi connectivity index (χ0) is 42.6. The summed E-state index contributed by atoms with van der Waals surface area (Å²) in [6.45, 7) is 8.46. The summed E-state index contributed by atoms with van der Waals surface area (Å²) in [5, 5.41) is 9.47. The maximum Gasteiger partial charge on any atom is 0.330 e. The fourth-order valence-corrected chi connectivity index (χ4v) is 9.21. The van der Waals surface area contributed by atoms with E-state index in [2.05, 4.69) is 43.4 Å². The summed E-state index contributed by atoms with van der Waals surface area (Å²) in [4.78, 5) is 28.2. The monoisotopic (exact) mass is 836 g/mol. The maximum atomic E-state index is 13.5. The molecule has 0 saturated carbocycles. The van der Waals surface area contributed by atoms with Crippen LogP contribution in [-0.2, 0) is 35.5 Å². The van der Waals surface area contributed by atoms with Gasteiger partial charge in [-0.2, -0.15) is 5.26 Å². The SMILES string of the molecule is COc1ccc(C(OCC2OC(n3ccc(=O)[nH]c3=O)[C@H](OCc3ccccc3)[C@@H]2OP(OCCC#N)N(C(C)C)C(C)C)(c2ccccc2)c2ccc(OC)cc2)cc1. The van der Waals surface area contributed by atoms with Gasteiger partial charge in [0.05, 0.1) is 46.5 Å². The van der Waals surface area contributed by atoms with Gasteiger partial charge in [0.25, 0.3) is 14.1 Å². The number of aromatic amines is 1. The molecule has 13 nitrogen and oxygen atoms in total. The Labute approximate surface area is 352 Å². The molecule has 0 radical (unpaired) electrons. The van der Waals surface area contributed by atoms with E-state index >= 15 is 0 Å². The molecule has 2 heterocycles. The highest BCUT2D eigenvalue weighted by Crippen LogP contribution is 2.51. The number of methoxy groups -OCH3 is 2. The molecule has 6 rings (SSSR count). The lowest BCUT2D eigenvalue weighted by atomic mass is 9.80. The molecule has 14 heteroatoms. The summed E-state index contributed by atoms with van der Waals surface area (Å²) < 4.78 is 49.1. The number of nitrogens with one attached hydrogen (secondary N) is 1. The van der Waals surface area contributed by atoms with Crippen molar-refractivity contribution in [1.29, 1.82) is 5.26 Å². The number of benzene rings is 4. The van der Waals surface area contributed by atoms with E-state index in [1.807, 2.05) is 109 Å². The van der Waals surface area contributed by atoms with Gasteiger partial charge in [0.15, 0.2) is 6.23 Å². The van der Waals surface area contributed by atoms with Gasteiger partial charge in [-0.05, 0) is 74.2 Å². The Kier molecular flexibility index (Phi) is 15.5. The van der Waals surface area contributed by atoms with Crippen LogP contribution in [0.25, 0.3) is 0 Å². The van der Waals surface area contributed by atoms with Gasteiger partial charge in [-0.25, -0.2) is 9.46 Å². The van der Waals surface area contributed by atoms with Crippen molar-refractivity contribution < 1.29 is 32.7 Å². The molecule has 0 aliphatic carbocycles. The lowest BCUT2D eigenvalue weighted by Gasteiger charge is -2.39. The Morgan fingerprint density at radius 2 is 1.37 bits per heavy atom. The predicted octanol–water partition coefficient (Wildman–Crippen LogP) is 7.71. The molecule has 0 amide bonds. The summed E-state index contributed by atoms with van der Waals surface area (Å²) in [5.74, 6) is 1.36. The van der Waals surface area contributed by atoms with Crippen LogP contribution in [0.5, 0.6) is 11.5 Å². The number of hydrogen-bond donors (Lipinski definition) is 1. The molecule has 5 atom stereocenters. The summed E-state index contributed by atoms with van der Waals surface area (Å²) in [7, 11) is 1.41. The van der Waals surface area contributed by atoms with Crippen molar-refractivity contribution >= 4 is 8.53 Å². The minimum absolute atomic E-state index is 0.00704. The second-order valence-corrected chi connectivity index (χ2v) is 16.2. The van der Waals surface area contributed by atoms with Crippen LogP contribution >= 0.6 is 8.53 Å². The molecule has 5 aromatic rings. The molecule has 3 unspecified atom stereocenters. The number of ether oxygens (including phenoxy) is 5. The van der Waals surface area contributed by atoms with Crippen LogP contribution in [0.2, 0.25) is 0 Å². The predicted molar refractivity (Wildman–Crippen MR) is 229 cm³/mol. The second kappa shape index (κ2) is 20.9. The zero-order valence-corrected chi connectivity index (χ0v) is 35.7. The minimum Gasteiger partial charge on any atom is -0.497 e. The highest BCUT2D eigenvalue weighted by molar-refractivity contribution is 7.44. The van der Waals surface area contributed by atoms with E-state index in [0.717, 1.165) is 22.3 Å². The number of hydrogen-bond acceptors (Lipinski definition) is 11. The zero-order valence-electron chi connectivity index (χ0n) is 34.8. The topological polar surface area (TPSA) is 147 Å². The highest BCUT2D eigenvalue weighted by atomic mass is 31.2. The summed E-state index contributed by atoms with van der Waals surface area (Å²) in [5.41, 5.74) is 0.931. The Morgan fingerprint density at radius 3 is 1.90 bits per heavy atom. The molecule has 0 bridgehead atoms. The quantitative estimate of drug-likeness (QED) is 0.0468. The van der Waals surface area contributed by atoms with Crippen molar-refractivity contribution in [2.24, 2.45) is 0 Å². The maximum absolute atomic E-state index is 13.5. The first kappa shape index (κ1) is 44.4. The third-order valence-electron chi connectivity index (χ3n) is 10.2. The Bertz CT molecular complexity index is 2190. The van der Waals surface area contributed by atoms with Crippen LogP contribution in [0.15, 0.2) is 131 Å². The third kappa shape index (κ3) is 10.2. The van der Waals surface area contributed by atoms with Crippen LogP contribution in [0.1, 0.15) is 62.6 Å². The lowest BCUT2D eigenvalue weighted by Crippen LogP contribution is -2.43. The lowest BCUT2D eigenvalue weighted by molar-refractivity contribution is -0.0988. The summed E-state index contributed by atoms with van der Waals surface area (Å²) >= 11 is 0. The molecule has 1 aliphatic heterocycles. The van der Waals surface area contributed by atoms with Gasteiger partial charge in [-0.15, -0.1) is 0 Å². The molecule has 1 fully saturated rings. The van der Waals surface area contributed by atoms with Gasteiger partial charge in [0, 0.05) is 24.3 Å². The van der Waals surface area contributed by atoms with E-state index in [1.165, 1.54) is 16.8 Å². The number of H-pyrrole nitrogens is 1. The van der Waals surface area contributed by atoms with Gasteiger partial charge in [-0.3, -0.25) is 14.3 Å².